The first-order chi connectivity index (χ1) is 8.72. The second-order valence-electron chi connectivity index (χ2n) is 5.46. The Balaban J connectivity index is 1.81. The van der Waals surface area contributed by atoms with Crippen LogP contribution in [0.4, 0.5) is 0 Å². The molecule has 102 valence electrons. The van der Waals surface area contributed by atoms with Crippen molar-refractivity contribution in [1.29, 1.82) is 0 Å². The number of amides is 1. The van der Waals surface area contributed by atoms with Crippen LogP contribution in [-0.2, 0) is 14.3 Å². The van der Waals surface area contributed by atoms with Crippen molar-refractivity contribution in [3.8, 4) is 0 Å². The highest BCUT2D eigenvalue weighted by molar-refractivity contribution is 5.85. The molecule has 1 saturated carbocycles. The van der Waals surface area contributed by atoms with Crippen LogP contribution in [0.1, 0.15) is 51.4 Å². The maximum atomic E-state index is 12.2. The van der Waals surface area contributed by atoms with Gasteiger partial charge in [-0.05, 0) is 25.2 Å². The second kappa shape index (κ2) is 6.21. The molecule has 4 heteroatoms. The molecule has 1 aliphatic carbocycles. The molecular weight excluding hydrogens is 230 g/mol. The van der Waals surface area contributed by atoms with Crippen LogP contribution in [0.5, 0.6) is 0 Å². The number of carbonyl (C=O) groups is 2. The van der Waals surface area contributed by atoms with Crippen molar-refractivity contribution in [1.82, 2.24) is 4.90 Å². The van der Waals surface area contributed by atoms with Crippen LogP contribution in [0.15, 0.2) is 0 Å². The monoisotopic (exact) mass is 253 g/mol. The maximum Gasteiger partial charge on any atom is 0.328 e. The van der Waals surface area contributed by atoms with Gasteiger partial charge in [0.05, 0.1) is 7.11 Å². The van der Waals surface area contributed by atoms with Gasteiger partial charge in [0, 0.05) is 13.0 Å². The Kier molecular flexibility index (Phi) is 4.61. The van der Waals surface area contributed by atoms with E-state index in [-0.39, 0.29) is 17.9 Å². The van der Waals surface area contributed by atoms with Crippen LogP contribution < -0.4 is 0 Å². The summed E-state index contributed by atoms with van der Waals surface area (Å²) in [6.07, 6.45) is 8.42. The number of nitrogens with zero attached hydrogens (tertiary/aromatic N) is 1. The standard InChI is InChI=1S/C14H23NO3/c1-18-14(17)12-7-4-10-15(12)13(16)9-8-11-5-2-3-6-11/h11-12H,2-10H2,1H3. The van der Waals surface area contributed by atoms with Gasteiger partial charge in [0.2, 0.25) is 5.91 Å². The van der Waals surface area contributed by atoms with Gasteiger partial charge in [0.1, 0.15) is 6.04 Å². The highest BCUT2D eigenvalue weighted by Crippen LogP contribution is 2.29. The Labute approximate surface area is 109 Å². The lowest BCUT2D eigenvalue weighted by Gasteiger charge is -2.23. The van der Waals surface area contributed by atoms with Crippen molar-refractivity contribution < 1.29 is 14.3 Å². The predicted molar refractivity (Wildman–Crippen MR) is 67.9 cm³/mol. The van der Waals surface area contributed by atoms with Crippen molar-refractivity contribution in [3.63, 3.8) is 0 Å². The summed E-state index contributed by atoms with van der Waals surface area (Å²) in [5, 5.41) is 0. The van der Waals surface area contributed by atoms with Crippen LogP contribution in [0, 0.1) is 5.92 Å². The fourth-order valence-corrected chi connectivity index (χ4v) is 3.22. The summed E-state index contributed by atoms with van der Waals surface area (Å²) in [6, 6.07) is -0.328. The molecule has 1 heterocycles. The van der Waals surface area contributed by atoms with Gasteiger partial charge < -0.3 is 9.64 Å². The van der Waals surface area contributed by atoms with Gasteiger partial charge in [-0.15, -0.1) is 0 Å². The van der Waals surface area contributed by atoms with E-state index >= 15 is 0 Å². The smallest absolute Gasteiger partial charge is 0.328 e. The summed E-state index contributed by atoms with van der Waals surface area (Å²) in [5.74, 6) is 0.602. The SMILES string of the molecule is COC(=O)C1CCCN1C(=O)CCC1CCCC1. The minimum absolute atomic E-state index is 0.134. The summed E-state index contributed by atoms with van der Waals surface area (Å²) in [6.45, 7) is 0.712. The molecule has 18 heavy (non-hydrogen) atoms. The molecule has 0 aromatic heterocycles. The lowest BCUT2D eigenvalue weighted by molar-refractivity contribution is -0.151. The molecule has 1 atom stereocenters. The highest BCUT2D eigenvalue weighted by Gasteiger charge is 2.34. The minimum atomic E-state index is -0.328. The van der Waals surface area contributed by atoms with Gasteiger partial charge in [-0.2, -0.15) is 0 Å². The van der Waals surface area contributed by atoms with Gasteiger partial charge in [0.25, 0.3) is 0 Å². The van der Waals surface area contributed by atoms with E-state index in [1.165, 1.54) is 32.8 Å². The van der Waals surface area contributed by atoms with Crippen molar-refractivity contribution in [2.24, 2.45) is 5.92 Å². The summed E-state index contributed by atoms with van der Waals surface area (Å²) in [7, 11) is 1.39. The molecule has 1 unspecified atom stereocenters. The molecule has 4 nitrogen and oxygen atoms in total. The van der Waals surface area contributed by atoms with Gasteiger partial charge >= 0.3 is 5.97 Å². The van der Waals surface area contributed by atoms with E-state index in [0.29, 0.717) is 13.0 Å². The number of hydrogen-bond acceptors (Lipinski definition) is 3. The van der Waals surface area contributed by atoms with Crippen LogP contribution >= 0.6 is 0 Å². The fraction of sp³-hybridized carbons (Fsp3) is 0.857. The van der Waals surface area contributed by atoms with Crippen LogP contribution in [0.25, 0.3) is 0 Å². The fourth-order valence-electron chi connectivity index (χ4n) is 3.22. The lowest BCUT2D eigenvalue weighted by Crippen LogP contribution is -2.41. The topological polar surface area (TPSA) is 46.6 Å². The summed E-state index contributed by atoms with van der Waals surface area (Å²) < 4.78 is 4.76. The lowest BCUT2D eigenvalue weighted by atomic mass is 10.0. The zero-order valence-electron chi connectivity index (χ0n) is 11.2. The first-order valence-corrected chi connectivity index (χ1v) is 7.09. The van der Waals surface area contributed by atoms with Crippen molar-refractivity contribution in [2.75, 3.05) is 13.7 Å². The third-order valence-electron chi connectivity index (χ3n) is 4.29. The molecule has 1 aliphatic heterocycles. The Hall–Kier alpha value is -1.06. The number of hydrogen-bond donors (Lipinski definition) is 0. The van der Waals surface area contributed by atoms with E-state index < -0.39 is 0 Å². The Bertz CT molecular complexity index is 310. The Morgan fingerprint density at radius 2 is 1.89 bits per heavy atom. The Morgan fingerprint density at radius 3 is 2.56 bits per heavy atom. The van der Waals surface area contributed by atoms with Gasteiger partial charge in [0.15, 0.2) is 0 Å². The minimum Gasteiger partial charge on any atom is -0.467 e. The quantitative estimate of drug-likeness (QED) is 0.721. The molecule has 0 bridgehead atoms. The van der Waals surface area contributed by atoms with Crippen LogP contribution in [-0.4, -0.2) is 36.5 Å². The zero-order chi connectivity index (χ0) is 13.0. The number of esters is 1. The number of methoxy groups -OCH3 is 1. The molecule has 0 radical (unpaired) electrons. The zero-order valence-corrected chi connectivity index (χ0v) is 11.2. The third kappa shape index (κ3) is 3.03. The molecular formula is C14H23NO3. The van der Waals surface area contributed by atoms with E-state index in [4.69, 9.17) is 4.74 Å². The largest absolute Gasteiger partial charge is 0.467 e. The molecule has 0 aromatic carbocycles. The van der Waals surface area contributed by atoms with Crippen molar-refractivity contribution in [3.05, 3.63) is 0 Å². The van der Waals surface area contributed by atoms with E-state index in [1.54, 1.807) is 4.90 Å². The third-order valence-corrected chi connectivity index (χ3v) is 4.29. The average molecular weight is 253 g/mol. The molecule has 2 fully saturated rings. The normalized spacial score (nSPS) is 24.5. The van der Waals surface area contributed by atoms with E-state index in [1.807, 2.05) is 0 Å². The van der Waals surface area contributed by atoms with Gasteiger partial charge in [-0.3, -0.25) is 4.79 Å². The van der Waals surface area contributed by atoms with E-state index in [2.05, 4.69) is 0 Å². The number of ether oxygens (including phenoxy) is 1. The maximum absolute atomic E-state index is 12.2. The molecule has 2 aliphatic rings. The van der Waals surface area contributed by atoms with Crippen molar-refractivity contribution in [2.45, 2.75) is 57.4 Å². The summed E-state index contributed by atoms with van der Waals surface area (Å²) in [4.78, 5) is 25.4. The molecule has 1 amide bonds. The van der Waals surface area contributed by atoms with Crippen LogP contribution in [0.2, 0.25) is 0 Å². The average Bonchev–Trinajstić information content (AvgIpc) is 3.05. The number of rotatable bonds is 4. The first kappa shape index (κ1) is 13.4. The van der Waals surface area contributed by atoms with Gasteiger partial charge in [-0.25, -0.2) is 4.79 Å². The molecule has 0 N–H and O–H groups in total. The summed E-state index contributed by atoms with van der Waals surface area (Å²) in [5.41, 5.74) is 0. The number of likely N-dealkylation sites (tertiary alicyclic amines) is 1. The van der Waals surface area contributed by atoms with E-state index in [9.17, 15) is 9.59 Å². The van der Waals surface area contributed by atoms with E-state index in [0.717, 1.165) is 25.2 Å². The number of carbonyl (C=O) groups excluding carboxylic acids is 2. The van der Waals surface area contributed by atoms with Gasteiger partial charge in [-0.1, -0.05) is 25.7 Å². The molecule has 1 saturated heterocycles. The van der Waals surface area contributed by atoms with Crippen molar-refractivity contribution >= 4 is 11.9 Å². The summed E-state index contributed by atoms with van der Waals surface area (Å²) >= 11 is 0. The highest BCUT2D eigenvalue weighted by atomic mass is 16.5. The Morgan fingerprint density at radius 1 is 1.17 bits per heavy atom. The predicted octanol–water partition coefficient (Wildman–Crippen LogP) is 2.12. The first-order valence-electron chi connectivity index (χ1n) is 7.09. The molecule has 0 spiro atoms. The second-order valence-corrected chi connectivity index (χ2v) is 5.46. The molecule has 0 aromatic rings. The van der Waals surface area contributed by atoms with Crippen LogP contribution in [0.3, 0.4) is 0 Å². The molecule has 2 rings (SSSR count).